The number of amides is 1. The van der Waals surface area contributed by atoms with Gasteiger partial charge in [0.2, 0.25) is 0 Å². The summed E-state index contributed by atoms with van der Waals surface area (Å²) in [6.45, 7) is 14.7. The molecule has 0 aromatic heterocycles. The van der Waals surface area contributed by atoms with Gasteiger partial charge < -0.3 is 9.64 Å². The molecule has 1 atom stereocenters. The van der Waals surface area contributed by atoms with Crippen molar-refractivity contribution in [3.8, 4) is 0 Å². The van der Waals surface area contributed by atoms with E-state index in [0.717, 1.165) is 13.1 Å². The highest BCUT2D eigenvalue weighted by molar-refractivity contribution is 5.68. The van der Waals surface area contributed by atoms with Gasteiger partial charge >= 0.3 is 6.09 Å². The van der Waals surface area contributed by atoms with Gasteiger partial charge in [-0.25, -0.2) is 4.79 Å². The quantitative estimate of drug-likeness (QED) is 0.830. The molecule has 0 bridgehead atoms. The number of carbonyl (C=O) groups is 1. The Kier molecular flexibility index (Phi) is 5.04. The van der Waals surface area contributed by atoms with Crippen molar-refractivity contribution in [1.82, 2.24) is 9.80 Å². The van der Waals surface area contributed by atoms with Crippen LogP contribution in [0.1, 0.15) is 47.1 Å². The fourth-order valence-electron chi connectivity index (χ4n) is 3.09. The lowest BCUT2D eigenvalue weighted by atomic mass is 9.91. The third kappa shape index (κ3) is 4.25. The van der Waals surface area contributed by atoms with Crippen LogP contribution in [0.4, 0.5) is 4.79 Å². The molecule has 0 radical (unpaired) electrons. The molecular weight excluding hydrogens is 288 g/mol. The van der Waals surface area contributed by atoms with Crippen LogP contribution in [0.3, 0.4) is 0 Å². The van der Waals surface area contributed by atoms with E-state index in [2.05, 4.69) is 49.9 Å². The molecule has 1 fully saturated rings. The van der Waals surface area contributed by atoms with Crippen LogP contribution < -0.4 is 0 Å². The lowest BCUT2D eigenvalue weighted by molar-refractivity contribution is -0.0160. The van der Waals surface area contributed by atoms with Crippen LogP contribution in [0, 0.1) is 0 Å². The number of hydrogen-bond acceptors (Lipinski definition) is 3. The van der Waals surface area contributed by atoms with Crippen molar-refractivity contribution >= 4 is 6.09 Å². The summed E-state index contributed by atoms with van der Waals surface area (Å²) >= 11 is 0. The molecule has 1 saturated heterocycles. The van der Waals surface area contributed by atoms with Gasteiger partial charge in [-0.3, -0.25) is 4.90 Å². The molecule has 0 N–H and O–H groups in total. The summed E-state index contributed by atoms with van der Waals surface area (Å²) in [6.07, 6.45) is -0.206. The molecule has 1 aromatic carbocycles. The first-order valence-corrected chi connectivity index (χ1v) is 8.41. The molecule has 4 nitrogen and oxygen atoms in total. The van der Waals surface area contributed by atoms with E-state index in [9.17, 15) is 4.79 Å². The standard InChI is InChI=1S/C19H30N2O2/c1-15-14-20(19(5,6)16-10-8-7-9-11-16)12-13-21(15)17(22)23-18(2,3)4/h7-11,15H,12-14H2,1-6H3. The largest absolute Gasteiger partial charge is 0.444 e. The number of carbonyl (C=O) groups excluding carboxylic acids is 1. The predicted octanol–water partition coefficient (Wildman–Crippen LogP) is 3.86. The number of rotatable bonds is 2. The Labute approximate surface area is 140 Å². The highest BCUT2D eigenvalue weighted by atomic mass is 16.6. The lowest BCUT2D eigenvalue weighted by Crippen LogP contribution is -2.59. The average Bonchev–Trinajstić information content (AvgIpc) is 2.46. The summed E-state index contributed by atoms with van der Waals surface area (Å²) in [5.74, 6) is 0. The first-order chi connectivity index (χ1) is 10.6. The van der Waals surface area contributed by atoms with Crippen molar-refractivity contribution in [3.05, 3.63) is 35.9 Å². The molecule has 0 saturated carbocycles. The van der Waals surface area contributed by atoms with Crippen LogP contribution in [-0.2, 0) is 10.3 Å². The summed E-state index contributed by atoms with van der Waals surface area (Å²) in [4.78, 5) is 16.6. The highest BCUT2D eigenvalue weighted by Gasteiger charge is 2.37. The zero-order valence-corrected chi connectivity index (χ0v) is 15.3. The van der Waals surface area contributed by atoms with Crippen molar-refractivity contribution in [2.45, 2.75) is 58.7 Å². The van der Waals surface area contributed by atoms with Gasteiger partial charge in [0.15, 0.2) is 0 Å². The van der Waals surface area contributed by atoms with Crippen LogP contribution in [0.5, 0.6) is 0 Å². The average molecular weight is 318 g/mol. The SMILES string of the molecule is CC1CN(C(C)(C)c2ccccc2)CCN1C(=O)OC(C)(C)C. The van der Waals surface area contributed by atoms with E-state index in [4.69, 9.17) is 4.74 Å². The number of hydrogen-bond donors (Lipinski definition) is 0. The van der Waals surface area contributed by atoms with Crippen molar-refractivity contribution in [2.75, 3.05) is 19.6 Å². The Balaban J connectivity index is 2.05. The van der Waals surface area contributed by atoms with E-state index in [1.54, 1.807) is 0 Å². The minimum Gasteiger partial charge on any atom is -0.444 e. The second-order valence-electron chi connectivity index (χ2n) is 7.89. The van der Waals surface area contributed by atoms with Gasteiger partial charge in [-0.15, -0.1) is 0 Å². The molecule has 1 aliphatic rings. The van der Waals surface area contributed by atoms with Gasteiger partial charge in [-0.1, -0.05) is 30.3 Å². The van der Waals surface area contributed by atoms with Crippen LogP contribution in [0.15, 0.2) is 30.3 Å². The first-order valence-electron chi connectivity index (χ1n) is 8.41. The van der Waals surface area contributed by atoms with E-state index in [1.165, 1.54) is 5.56 Å². The summed E-state index contributed by atoms with van der Waals surface area (Å²) in [6, 6.07) is 10.7. The molecule has 1 aliphatic heterocycles. The predicted molar refractivity (Wildman–Crippen MR) is 93.4 cm³/mol. The molecule has 23 heavy (non-hydrogen) atoms. The Morgan fingerprint density at radius 3 is 2.22 bits per heavy atom. The first kappa shape index (κ1) is 17.8. The zero-order valence-electron chi connectivity index (χ0n) is 15.3. The van der Waals surface area contributed by atoms with Crippen LogP contribution >= 0.6 is 0 Å². The van der Waals surface area contributed by atoms with Gasteiger partial charge in [-0.05, 0) is 47.1 Å². The number of nitrogens with zero attached hydrogens (tertiary/aromatic N) is 2. The second-order valence-corrected chi connectivity index (χ2v) is 7.89. The molecule has 0 spiro atoms. The zero-order chi connectivity index (χ0) is 17.3. The van der Waals surface area contributed by atoms with Gasteiger partial charge in [-0.2, -0.15) is 0 Å². The molecule has 1 heterocycles. The number of ether oxygens (including phenoxy) is 1. The monoisotopic (exact) mass is 318 g/mol. The maximum absolute atomic E-state index is 12.3. The minimum absolute atomic E-state index is 0.0461. The second kappa shape index (κ2) is 6.52. The number of piperazine rings is 1. The fourth-order valence-corrected chi connectivity index (χ4v) is 3.09. The Morgan fingerprint density at radius 1 is 1.09 bits per heavy atom. The summed E-state index contributed by atoms with van der Waals surface area (Å²) in [7, 11) is 0. The van der Waals surface area contributed by atoms with Gasteiger partial charge in [0, 0.05) is 31.2 Å². The Morgan fingerprint density at radius 2 is 1.70 bits per heavy atom. The Hall–Kier alpha value is -1.55. The summed E-state index contributed by atoms with van der Waals surface area (Å²) in [5, 5.41) is 0. The molecule has 4 heteroatoms. The highest BCUT2D eigenvalue weighted by Crippen LogP contribution is 2.30. The van der Waals surface area contributed by atoms with Crippen molar-refractivity contribution in [2.24, 2.45) is 0 Å². The van der Waals surface area contributed by atoms with Gasteiger partial charge in [0.25, 0.3) is 0 Å². The summed E-state index contributed by atoms with van der Waals surface area (Å²) in [5.41, 5.74) is 0.810. The lowest BCUT2D eigenvalue weighted by Gasteiger charge is -2.47. The smallest absolute Gasteiger partial charge is 0.410 e. The van der Waals surface area contributed by atoms with Crippen LogP contribution in [0.2, 0.25) is 0 Å². The molecule has 0 aliphatic carbocycles. The van der Waals surface area contributed by atoms with Gasteiger partial charge in [0.1, 0.15) is 5.60 Å². The summed E-state index contributed by atoms with van der Waals surface area (Å²) < 4.78 is 5.52. The fraction of sp³-hybridized carbons (Fsp3) is 0.632. The third-order valence-corrected chi connectivity index (χ3v) is 4.53. The van der Waals surface area contributed by atoms with Crippen molar-refractivity contribution in [1.29, 1.82) is 0 Å². The van der Waals surface area contributed by atoms with Crippen molar-refractivity contribution < 1.29 is 9.53 Å². The normalized spacial score (nSPS) is 20.4. The topological polar surface area (TPSA) is 32.8 Å². The maximum atomic E-state index is 12.3. The molecule has 2 rings (SSSR count). The Bertz CT molecular complexity index is 534. The van der Waals surface area contributed by atoms with Crippen molar-refractivity contribution in [3.63, 3.8) is 0 Å². The van der Waals surface area contributed by atoms with E-state index in [1.807, 2.05) is 31.7 Å². The van der Waals surface area contributed by atoms with E-state index < -0.39 is 5.60 Å². The minimum atomic E-state index is -0.447. The van der Waals surface area contributed by atoms with Crippen LogP contribution in [-0.4, -0.2) is 47.2 Å². The van der Waals surface area contributed by atoms with Gasteiger partial charge in [0.05, 0.1) is 0 Å². The van der Waals surface area contributed by atoms with E-state index >= 15 is 0 Å². The van der Waals surface area contributed by atoms with E-state index in [-0.39, 0.29) is 17.7 Å². The maximum Gasteiger partial charge on any atom is 0.410 e. The molecular formula is C19H30N2O2. The molecule has 1 amide bonds. The third-order valence-electron chi connectivity index (χ3n) is 4.53. The van der Waals surface area contributed by atoms with E-state index in [0.29, 0.717) is 6.54 Å². The van der Waals surface area contributed by atoms with Crippen LogP contribution in [0.25, 0.3) is 0 Å². The molecule has 1 unspecified atom stereocenters. The number of benzene rings is 1. The molecule has 128 valence electrons. The molecule has 1 aromatic rings.